The number of methoxy groups -OCH3 is 2. The van der Waals surface area contributed by atoms with Crippen molar-refractivity contribution in [2.75, 3.05) is 32.6 Å². The van der Waals surface area contributed by atoms with Crippen LogP contribution in [0.15, 0.2) is 47.5 Å². The van der Waals surface area contributed by atoms with Crippen LogP contribution in [0.3, 0.4) is 0 Å². The number of carbonyl (C=O) groups excluding carboxylic acids is 1. The number of para-hydroxylation sites is 1. The zero-order chi connectivity index (χ0) is 22.8. The van der Waals surface area contributed by atoms with Gasteiger partial charge >= 0.3 is 0 Å². The van der Waals surface area contributed by atoms with Crippen LogP contribution in [0.1, 0.15) is 48.0 Å². The smallest absolute Gasteiger partial charge is 0.257 e. The van der Waals surface area contributed by atoms with Crippen molar-refractivity contribution in [3.05, 3.63) is 53.6 Å². The van der Waals surface area contributed by atoms with Gasteiger partial charge in [-0.2, -0.15) is 0 Å². The van der Waals surface area contributed by atoms with Crippen molar-refractivity contribution in [2.45, 2.75) is 50.2 Å². The molecule has 2 aromatic rings. The highest BCUT2D eigenvalue weighted by molar-refractivity contribution is 6.05. The third kappa shape index (κ3) is 4.17. The number of benzene rings is 2. The number of anilines is 1. The van der Waals surface area contributed by atoms with E-state index in [1.165, 1.54) is 18.4 Å². The van der Waals surface area contributed by atoms with Gasteiger partial charge in [0.25, 0.3) is 5.91 Å². The first-order valence-electron chi connectivity index (χ1n) is 11.8. The third-order valence-electron chi connectivity index (χ3n) is 7.17. The molecule has 2 heterocycles. The normalized spacial score (nSPS) is 23.9. The number of likely N-dealkylation sites (tertiary alicyclic amines) is 1. The molecular weight excluding hydrogens is 416 g/mol. The molecule has 0 aromatic heterocycles. The van der Waals surface area contributed by atoms with E-state index >= 15 is 0 Å². The molecule has 2 aromatic carbocycles. The highest BCUT2D eigenvalue weighted by Crippen LogP contribution is 2.33. The molecule has 1 aliphatic carbocycles. The van der Waals surface area contributed by atoms with Crippen LogP contribution < -0.4 is 20.1 Å². The lowest BCUT2D eigenvalue weighted by atomic mass is 9.96. The number of hydrogen-bond donors (Lipinski definition) is 2. The Morgan fingerprint density at radius 3 is 2.73 bits per heavy atom. The van der Waals surface area contributed by atoms with Gasteiger partial charge in [-0.3, -0.25) is 15.1 Å². The topological polar surface area (TPSA) is 75.2 Å². The van der Waals surface area contributed by atoms with E-state index in [-0.39, 0.29) is 5.91 Å². The van der Waals surface area contributed by atoms with E-state index in [1.54, 1.807) is 32.4 Å². The summed E-state index contributed by atoms with van der Waals surface area (Å²) in [6, 6.07) is 14.1. The van der Waals surface area contributed by atoms with Gasteiger partial charge in [0.15, 0.2) is 0 Å². The van der Waals surface area contributed by atoms with Crippen LogP contribution in [0.4, 0.5) is 5.69 Å². The van der Waals surface area contributed by atoms with E-state index in [9.17, 15) is 4.79 Å². The predicted octanol–water partition coefficient (Wildman–Crippen LogP) is 3.84. The maximum Gasteiger partial charge on any atom is 0.257 e. The zero-order valence-electron chi connectivity index (χ0n) is 19.4. The summed E-state index contributed by atoms with van der Waals surface area (Å²) < 4.78 is 10.8. The fraction of sp³-hybridized carbons (Fsp3) is 0.462. The Kier molecular flexibility index (Phi) is 5.98. The Morgan fingerprint density at radius 2 is 1.94 bits per heavy atom. The van der Waals surface area contributed by atoms with E-state index in [1.807, 2.05) is 4.90 Å². The SMILES string of the molecule is COc1ccc(C(=O)N2CC[C@]3(C2)NCc2ccccc2NC3=NC2CCCC2)c(OC)c1. The average molecular weight is 449 g/mol. The van der Waals surface area contributed by atoms with Crippen molar-refractivity contribution in [3.63, 3.8) is 0 Å². The number of fused-ring (bicyclic) bond motifs is 1. The maximum atomic E-state index is 13.5. The molecule has 0 bridgehead atoms. The summed E-state index contributed by atoms with van der Waals surface area (Å²) in [7, 11) is 3.19. The minimum atomic E-state index is -0.392. The van der Waals surface area contributed by atoms with Crippen LogP contribution in [0, 0.1) is 0 Å². The van der Waals surface area contributed by atoms with Gasteiger partial charge in [0.2, 0.25) is 0 Å². The second-order valence-corrected chi connectivity index (χ2v) is 9.18. The third-order valence-corrected chi connectivity index (χ3v) is 7.17. The number of nitrogens with one attached hydrogen (secondary N) is 2. The van der Waals surface area contributed by atoms with Crippen molar-refractivity contribution in [3.8, 4) is 11.5 Å². The highest BCUT2D eigenvalue weighted by atomic mass is 16.5. The summed E-state index contributed by atoms with van der Waals surface area (Å²) >= 11 is 0. The van der Waals surface area contributed by atoms with Gasteiger partial charge in [-0.1, -0.05) is 31.0 Å². The summed E-state index contributed by atoms with van der Waals surface area (Å²) in [6.45, 7) is 1.96. The van der Waals surface area contributed by atoms with E-state index < -0.39 is 5.54 Å². The van der Waals surface area contributed by atoms with Crippen molar-refractivity contribution in [2.24, 2.45) is 4.99 Å². The molecule has 1 saturated heterocycles. The average Bonchev–Trinajstić information content (AvgIpc) is 3.50. The molecule has 5 rings (SSSR count). The molecule has 7 heteroatoms. The molecular formula is C26H32N4O3. The Bertz CT molecular complexity index is 1060. The number of amides is 1. The van der Waals surface area contributed by atoms with Gasteiger partial charge in [0, 0.05) is 31.4 Å². The molecule has 0 unspecified atom stereocenters. The van der Waals surface area contributed by atoms with E-state index in [0.29, 0.717) is 36.2 Å². The second kappa shape index (κ2) is 9.06. The van der Waals surface area contributed by atoms with Crippen molar-refractivity contribution < 1.29 is 14.3 Å². The maximum absolute atomic E-state index is 13.5. The Hall–Kier alpha value is -3.06. The first-order chi connectivity index (χ1) is 16.1. The molecule has 7 nitrogen and oxygen atoms in total. The fourth-order valence-corrected chi connectivity index (χ4v) is 5.23. The molecule has 1 spiro atoms. The first-order valence-corrected chi connectivity index (χ1v) is 11.8. The second-order valence-electron chi connectivity index (χ2n) is 9.18. The Balaban J connectivity index is 1.44. The number of rotatable bonds is 4. The molecule has 1 atom stereocenters. The van der Waals surface area contributed by atoms with E-state index in [0.717, 1.165) is 37.3 Å². The Labute approximate surface area is 195 Å². The summed E-state index contributed by atoms with van der Waals surface area (Å²) in [4.78, 5) is 20.7. The molecule has 33 heavy (non-hydrogen) atoms. The molecule has 1 amide bonds. The lowest BCUT2D eigenvalue weighted by Crippen LogP contribution is -2.55. The molecule has 2 fully saturated rings. The quantitative estimate of drug-likeness (QED) is 0.743. The van der Waals surface area contributed by atoms with Crippen LogP contribution in [-0.4, -0.2) is 55.5 Å². The summed E-state index contributed by atoms with van der Waals surface area (Å²) in [5.74, 6) is 2.13. The summed E-state index contributed by atoms with van der Waals surface area (Å²) in [5, 5.41) is 7.45. The zero-order valence-corrected chi connectivity index (χ0v) is 19.4. The molecule has 2 N–H and O–H groups in total. The molecule has 2 aliphatic heterocycles. The Morgan fingerprint density at radius 1 is 1.12 bits per heavy atom. The standard InChI is InChI=1S/C26H32N4O3/c1-32-20-11-12-21(23(15-20)33-2)24(31)30-14-13-26(17-30)25(28-19-8-4-5-9-19)29-22-10-6-3-7-18(22)16-27-26/h3,6-7,10-12,15,19,27H,4-5,8-9,13-14,16-17H2,1-2H3,(H,28,29)/t26-/m1/s1. The van der Waals surface area contributed by atoms with Crippen LogP contribution in [0.5, 0.6) is 11.5 Å². The lowest BCUT2D eigenvalue weighted by Gasteiger charge is -2.31. The molecule has 174 valence electrons. The van der Waals surface area contributed by atoms with Gasteiger partial charge in [0.05, 0.1) is 31.4 Å². The van der Waals surface area contributed by atoms with Crippen LogP contribution in [0.25, 0.3) is 0 Å². The largest absolute Gasteiger partial charge is 0.497 e. The molecule has 3 aliphatic rings. The summed E-state index contributed by atoms with van der Waals surface area (Å²) in [5.41, 5.74) is 2.47. The summed E-state index contributed by atoms with van der Waals surface area (Å²) in [6.07, 6.45) is 5.55. The van der Waals surface area contributed by atoms with E-state index in [2.05, 4.69) is 34.9 Å². The number of hydrogen-bond acceptors (Lipinski definition) is 5. The minimum absolute atomic E-state index is 0.0323. The predicted molar refractivity (Wildman–Crippen MR) is 129 cm³/mol. The first kappa shape index (κ1) is 21.8. The van der Waals surface area contributed by atoms with Crippen LogP contribution in [-0.2, 0) is 6.54 Å². The van der Waals surface area contributed by atoms with Crippen molar-refractivity contribution >= 4 is 17.4 Å². The monoisotopic (exact) mass is 448 g/mol. The van der Waals surface area contributed by atoms with Gasteiger partial charge in [-0.25, -0.2) is 0 Å². The van der Waals surface area contributed by atoms with Gasteiger partial charge in [0.1, 0.15) is 17.3 Å². The number of carbonyl (C=O) groups is 1. The van der Waals surface area contributed by atoms with Gasteiger partial charge in [-0.05, 0) is 43.0 Å². The number of nitrogens with zero attached hydrogens (tertiary/aromatic N) is 2. The van der Waals surface area contributed by atoms with Crippen LogP contribution >= 0.6 is 0 Å². The van der Waals surface area contributed by atoms with Crippen molar-refractivity contribution in [1.29, 1.82) is 0 Å². The van der Waals surface area contributed by atoms with Crippen LogP contribution in [0.2, 0.25) is 0 Å². The minimum Gasteiger partial charge on any atom is -0.497 e. The number of aliphatic imine (C=N–C) groups is 1. The van der Waals surface area contributed by atoms with Crippen molar-refractivity contribution in [1.82, 2.24) is 10.2 Å². The number of ether oxygens (including phenoxy) is 2. The number of amidine groups is 1. The highest BCUT2D eigenvalue weighted by Gasteiger charge is 2.46. The van der Waals surface area contributed by atoms with Gasteiger partial charge < -0.3 is 19.7 Å². The fourth-order valence-electron chi connectivity index (χ4n) is 5.23. The lowest BCUT2D eigenvalue weighted by molar-refractivity contribution is 0.0782. The van der Waals surface area contributed by atoms with Gasteiger partial charge in [-0.15, -0.1) is 0 Å². The van der Waals surface area contributed by atoms with E-state index in [4.69, 9.17) is 14.5 Å². The molecule has 0 radical (unpaired) electrons. The molecule has 1 saturated carbocycles.